The van der Waals surface area contributed by atoms with Crippen molar-refractivity contribution in [1.29, 1.82) is 0 Å². The highest BCUT2D eigenvalue weighted by molar-refractivity contribution is 6.31. The fraction of sp³-hybridized carbons (Fsp3) is 0.524. The van der Waals surface area contributed by atoms with Gasteiger partial charge in [0.1, 0.15) is 5.82 Å². The Morgan fingerprint density at radius 3 is 3.00 bits per heavy atom. The number of aryl methyl sites for hydroxylation is 1. The van der Waals surface area contributed by atoms with Crippen molar-refractivity contribution in [3.05, 3.63) is 46.4 Å². The number of allylic oxidation sites excluding steroid dienone is 5. The summed E-state index contributed by atoms with van der Waals surface area (Å²) >= 11 is 6.19. The lowest BCUT2D eigenvalue weighted by molar-refractivity contribution is -0.115. The average Bonchev–Trinajstić information content (AvgIpc) is 2.85. The topological polar surface area (TPSA) is 38.1 Å². The number of aromatic nitrogens is 2. The summed E-state index contributed by atoms with van der Waals surface area (Å²) in [6.45, 7) is 5.93. The molecule has 0 bridgehead atoms. The van der Waals surface area contributed by atoms with Crippen molar-refractivity contribution < 1.29 is 4.79 Å². The van der Waals surface area contributed by atoms with E-state index in [1.54, 1.807) is 6.08 Å². The zero-order valence-electron chi connectivity index (χ0n) is 15.8. The third-order valence-electron chi connectivity index (χ3n) is 5.11. The number of imidazole rings is 1. The molecule has 1 aromatic rings. The molecule has 4 nitrogen and oxygen atoms in total. The van der Waals surface area contributed by atoms with Crippen LogP contribution in [0.15, 0.2) is 34.9 Å². The molecule has 140 valence electrons. The molecule has 0 aromatic carbocycles. The first kappa shape index (κ1) is 19.0. The Morgan fingerprint density at radius 1 is 1.35 bits per heavy atom. The van der Waals surface area contributed by atoms with Gasteiger partial charge in [-0.1, -0.05) is 43.5 Å². The summed E-state index contributed by atoms with van der Waals surface area (Å²) in [6, 6.07) is 0. The molecule has 2 heterocycles. The number of hydrogen-bond donors (Lipinski definition) is 0. The van der Waals surface area contributed by atoms with Crippen molar-refractivity contribution in [1.82, 2.24) is 9.55 Å². The van der Waals surface area contributed by atoms with Crippen LogP contribution in [0.5, 0.6) is 0 Å². The van der Waals surface area contributed by atoms with Crippen molar-refractivity contribution in [3.63, 3.8) is 0 Å². The first-order valence-electron chi connectivity index (χ1n) is 9.72. The zero-order chi connectivity index (χ0) is 18.5. The van der Waals surface area contributed by atoms with Crippen molar-refractivity contribution in [2.75, 3.05) is 11.4 Å². The number of unbranched alkanes of at least 4 members (excludes halogenated alkanes) is 1. The lowest BCUT2D eigenvalue weighted by Crippen LogP contribution is -2.34. The van der Waals surface area contributed by atoms with E-state index in [1.807, 2.05) is 23.1 Å². The molecule has 5 heteroatoms. The Hall–Kier alpha value is -1.81. The number of carbonyl (C=O) groups excluding carboxylic acids is 1. The second kappa shape index (κ2) is 8.72. The van der Waals surface area contributed by atoms with Crippen LogP contribution in [-0.2, 0) is 17.8 Å². The highest BCUT2D eigenvalue weighted by Crippen LogP contribution is 2.28. The molecule has 1 aromatic heterocycles. The van der Waals surface area contributed by atoms with Gasteiger partial charge in [-0.25, -0.2) is 4.98 Å². The van der Waals surface area contributed by atoms with Gasteiger partial charge in [-0.2, -0.15) is 0 Å². The Bertz CT molecular complexity index is 758. The molecule has 3 rings (SSSR count). The number of hydrogen-bond acceptors (Lipinski definition) is 2. The van der Waals surface area contributed by atoms with Gasteiger partial charge in [-0.15, -0.1) is 0 Å². The van der Waals surface area contributed by atoms with Crippen LogP contribution in [0, 0.1) is 6.92 Å². The van der Waals surface area contributed by atoms with Crippen molar-refractivity contribution >= 4 is 23.3 Å². The maximum absolute atomic E-state index is 13.3. The van der Waals surface area contributed by atoms with Crippen LogP contribution in [0.4, 0.5) is 5.82 Å². The SMILES string of the molecule is CCCCN(C(=O)C1=CC(Cl)=CC=CC1)c1nc2n(c1C)CCCCC2. The van der Waals surface area contributed by atoms with E-state index >= 15 is 0 Å². The van der Waals surface area contributed by atoms with Gasteiger partial charge in [-0.3, -0.25) is 9.69 Å². The summed E-state index contributed by atoms with van der Waals surface area (Å²) < 4.78 is 2.31. The number of carbonyl (C=O) groups is 1. The molecule has 1 aliphatic heterocycles. The molecule has 2 aliphatic rings. The zero-order valence-corrected chi connectivity index (χ0v) is 16.6. The number of halogens is 1. The van der Waals surface area contributed by atoms with Crippen LogP contribution < -0.4 is 4.90 Å². The van der Waals surface area contributed by atoms with Gasteiger partial charge in [0, 0.05) is 30.1 Å². The van der Waals surface area contributed by atoms with E-state index in [9.17, 15) is 4.79 Å². The molecule has 0 spiro atoms. The van der Waals surface area contributed by atoms with E-state index in [0.717, 1.165) is 48.7 Å². The van der Waals surface area contributed by atoms with Gasteiger partial charge in [0.2, 0.25) is 0 Å². The number of anilines is 1. The van der Waals surface area contributed by atoms with Crippen LogP contribution in [0.1, 0.15) is 57.0 Å². The monoisotopic (exact) mass is 373 g/mol. The maximum Gasteiger partial charge on any atom is 0.255 e. The maximum atomic E-state index is 13.3. The number of amides is 1. The first-order valence-corrected chi connectivity index (χ1v) is 10.1. The minimum absolute atomic E-state index is 0.0212. The molecule has 1 amide bonds. The van der Waals surface area contributed by atoms with Gasteiger partial charge in [0.15, 0.2) is 5.82 Å². The summed E-state index contributed by atoms with van der Waals surface area (Å²) in [5, 5.41) is 0.592. The lowest BCUT2D eigenvalue weighted by atomic mass is 10.1. The van der Waals surface area contributed by atoms with Crippen LogP contribution in [0.2, 0.25) is 0 Å². The fourth-order valence-corrected chi connectivity index (χ4v) is 3.83. The number of nitrogens with zero attached hydrogens (tertiary/aromatic N) is 3. The van der Waals surface area contributed by atoms with E-state index in [-0.39, 0.29) is 5.91 Å². The van der Waals surface area contributed by atoms with E-state index < -0.39 is 0 Å². The molecule has 0 fully saturated rings. The summed E-state index contributed by atoms with van der Waals surface area (Å²) in [4.78, 5) is 20.1. The molecule has 0 saturated carbocycles. The largest absolute Gasteiger partial charge is 0.330 e. The van der Waals surface area contributed by atoms with E-state index in [4.69, 9.17) is 16.6 Å². The molecular weight excluding hydrogens is 346 g/mol. The van der Waals surface area contributed by atoms with Gasteiger partial charge in [0.25, 0.3) is 5.91 Å². The smallest absolute Gasteiger partial charge is 0.255 e. The molecule has 0 atom stereocenters. The normalized spacial score (nSPS) is 17.0. The van der Waals surface area contributed by atoms with E-state index in [0.29, 0.717) is 18.0 Å². The van der Waals surface area contributed by atoms with Crippen molar-refractivity contribution in [3.8, 4) is 0 Å². The highest BCUT2D eigenvalue weighted by Gasteiger charge is 2.26. The van der Waals surface area contributed by atoms with E-state index in [2.05, 4.69) is 18.4 Å². The fourth-order valence-electron chi connectivity index (χ4n) is 3.62. The molecule has 0 radical (unpaired) electrons. The lowest BCUT2D eigenvalue weighted by Gasteiger charge is -2.23. The standard InChI is InChI=1S/C21H28ClN3O/c1-3-4-13-25(21(26)17-10-7-8-11-18(22)15-17)20-16(2)24-14-9-5-6-12-19(24)23-20/h7-8,11,15H,3-6,9-10,12-14H2,1-2H3. The van der Waals surface area contributed by atoms with Gasteiger partial charge in [0.05, 0.1) is 5.69 Å². The molecule has 26 heavy (non-hydrogen) atoms. The Labute approximate surface area is 161 Å². The van der Waals surface area contributed by atoms with Gasteiger partial charge < -0.3 is 4.57 Å². The molecule has 0 saturated heterocycles. The average molecular weight is 374 g/mol. The molecule has 1 aliphatic carbocycles. The third kappa shape index (κ3) is 4.12. The predicted octanol–water partition coefficient (Wildman–Crippen LogP) is 5.06. The molecular formula is C21H28ClN3O. The minimum Gasteiger partial charge on any atom is -0.330 e. The number of fused-ring (bicyclic) bond motifs is 1. The highest BCUT2D eigenvalue weighted by atomic mass is 35.5. The summed E-state index contributed by atoms with van der Waals surface area (Å²) in [7, 11) is 0. The van der Waals surface area contributed by atoms with Gasteiger partial charge >= 0.3 is 0 Å². The Balaban J connectivity index is 1.95. The van der Waals surface area contributed by atoms with Crippen molar-refractivity contribution in [2.45, 2.75) is 65.3 Å². The summed E-state index contributed by atoms with van der Waals surface area (Å²) in [5.74, 6) is 1.97. The van der Waals surface area contributed by atoms with Crippen LogP contribution in [0.3, 0.4) is 0 Å². The third-order valence-corrected chi connectivity index (χ3v) is 5.34. The second-order valence-electron chi connectivity index (χ2n) is 7.06. The van der Waals surface area contributed by atoms with Crippen LogP contribution >= 0.6 is 11.6 Å². The number of rotatable bonds is 5. The van der Waals surface area contributed by atoms with Crippen molar-refractivity contribution in [2.24, 2.45) is 0 Å². The quantitative estimate of drug-likeness (QED) is 0.723. The Kier molecular flexibility index (Phi) is 6.36. The molecule has 0 unspecified atom stereocenters. The van der Waals surface area contributed by atoms with Crippen LogP contribution in [0.25, 0.3) is 0 Å². The molecule has 0 N–H and O–H groups in total. The van der Waals surface area contributed by atoms with E-state index in [1.165, 1.54) is 19.3 Å². The Morgan fingerprint density at radius 2 is 2.19 bits per heavy atom. The van der Waals surface area contributed by atoms with Crippen LogP contribution in [-0.4, -0.2) is 22.0 Å². The minimum atomic E-state index is 0.0212. The summed E-state index contributed by atoms with van der Waals surface area (Å²) in [5.41, 5.74) is 1.83. The first-order chi connectivity index (χ1) is 12.6. The predicted molar refractivity (Wildman–Crippen MR) is 108 cm³/mol. The van der Waals surface area contributed by atoms with Gasteiger partial charge in [-0.05, 0) is 44.8 Å². The summed E-state index contributed by atoms with van der Waals surface area (Å²) in [6.07, 6.45) is 14.7. The second-order valence-corrected chi connectivity index (χ2v) is 7.50.